The molecular formula is C41H32O. The molecule has 202 valence electrons. The molecule has 1 nitrogen and oxygen atoms in total. The number of allylic oxidation sites excluding steroid dienone is 2. The molecule has 0 aliphatic carbocycles. The van der Waals surface area contributed by atoms with E-state index in [1.54, 1.807) is 7.11 Å². The van der Waals surface area contributed by atoms with E-state index in [1.807, 2.05) is 12.1 Å². The molecular weight excluding hydrogens is 508 g/mol. The van der Waals surface area contributed by atoms with Crippen LogP contribution in [-0.4, -0.2) is 7.11 Å². The van der Waals surface area contributed by atoms with Gasteiger partial charge in [0.2, 0.25) is 0 Å². The van der Waals surface area contributed by atoms with Crippen LogP contribution >= 0.6 is 0 Å². The smallest absolute Gasteiger partial charge is 0.118 e. The van der Waals surface area contributed by atoms with Gasteiger partial charge in [0.1, 0.15) is 5.75 Å². The maximum Gasteiger partial charge on any atom is 0.118 e. The number of benzene rings is 6. The summed E-state index contributed by atoms with van der Waals surface area (Å²) in [6, 6.07) is 62.2. The second-order valence-corrected chi connectivity index (χ2v) is 10.1. The van der Waals surface area contributed by atoms with Crippen LogP contribution in [0, 0.1) is 0 Å². The average molecular weight is 541 g/mol. The van der Waals surface area contributed by atoms with E-state index in [1.165, 1.54) is 16.7 Å². The Morgan fingerprint density at radius 3 is 0.857 bits per heavy atom. The number of hydrogen-bond donors (Lipinski definition) is 0. The molecule has 6 aromatic carbocycles. The van der Waals surface area contributed by atoms with Crippen molar-refractivity contribution in [3.8, 4) is 5.75 Å². The van der Waals surface area contributed by atoms with E-state index < -0.39 is 0 Å². The van der Waals surface area contributed by atoms with Crippen LogP contribution in [0.3, 0.4) is 0 Å². The largest absolute Gasteiger partial charge is 0.497 e. The Morgan fingerprint density at radius 1 is 0.310 bits per heavy atom. The zero-order chi connectivity index (χ0) is 28.6. The van der Waals surface area contributed by atoms with E-state index in [4.69, 9.17) is 4.74 Å². The molecule has 0 N–H and O–H groups in total. The third-order valence-electron chi connectivity index (χ3n) is 7.44. The molecule has 0 aliphatic heterocycles. The monoisotopic (exact) mass is 540 g/mol. The molecule has 0 spiro atoms. The third kappa shape index (κ3) is 5.73. The van der Waals surface area contributed by atoms with Crippen molar-refractivity contribution in [3.05, 3.63) is 209 Å². The SMILES string of the molecule is COc1ccc(C(=C(C(=C(c2ccccc2)c2ccccc2)c2ccccc2)c2ccccc2)c2ccccc2)cc1. The minimum atomic E-state index is 0.834. The van der Waals surface area contributed by atoms with E-state index in [0.717, 1.165) is 44.7 Å². The van der Waals surface area contributed by atoms with Gasteiger partial charge in [0, 0.05) is 0 Å². The molecule has 42 heavy (non-hydrogen) atoms. The van der Waals surface area contributed by atoms with Gasteiger partial charge in [-0.2, -0.15) is 0 Å². The molecule has 0 fully saturated rings. The summed E-state index contributed by atoms with van der Waals surface area (Å²) in [5.41, 5.74) is 11.6. The summed E-state index contributed by atoms with van der Waals surface area (Å²) >= 11 is 0. The van der Waals surface area contributed by atoms with E-state index in [2.05, 4.69) is 164 Å². The highest BCUT2D eigenvalue weighted by Crippen LogP contribution is 2.46. The minimum Gasteiger partial charge on any atom is -0.497 e. The van der Waals surface area contributed by atoms with Gasteiger partial charge in [-0.1, -0.05) is 164 Å². The molecule has 0 bridgehead atoms. The molecule has 0 radical (unpaired) electrons. The quantitative estimate of drug-likeness (QED) is 0.138. The summed E-state index contributed by atoms with van der Waals surface area (Å²) in [6.07, 6.45) is 0. The zero-order valence-electron chi connectivity index (χ0n) is 23.7. The van der Waals surface area contributed by atoms with Gasteiger partial charge in [-0.05, 0) is 67.8 Å². The van der Waals surface area contributed by atoms with Crippen molar-refractivity contribution in [1.82, 2.24) is 0 Å². The zero-order valence-corrected chi connectivity index (χ0v) is 23.7. The molecule has 6 aromatic rings. The first kappa shape index (κ1) is 26.8. The third-order valence-corrected chi connectivity index (χ3v) is 7.44. The van der Waals surface area contributed by atoms with Gasteiger partial charge in [-0.3, -0.25) is 0 Å². The van der Waals surface area contributed by atoms with Crippen LogP contribution in [0.15, 0.2) is 176 Å². The summed E-state index contributed by atoms with van der Waals surface area (Å²) < 4.78 is 5.55. The van der Waals surface area contributed by atoms with Gasteiger partial charge in [0.25, 0.3) is 0 Å². The Bertz CT molecular complexity index is 1740. The number of rotatable bonds is 8. The lowest BCUT2D eigenvalue weighted by molar-refractivity contribution is 0.415. The summed E-state index contributed by atoms with van der Waals surface area (Å²) in [7, 11) is 1.71. The Hall–Kier alpha value is -5.40. The Labute approximate surface area is 248 Å². The highest BCUT2D eigenvalue weighted by atomic mass is 16.5. The predicted molar refractivity (Wildman–Crippen MR) is 177 cm³/mol. The summed E-state index contributed by atoms with van der Waals surface area (Å²) in [4.78, 5) is 0. The second-order valence-electron chi connectivity index (χ2n) is 10.1. The lowest BCUT2D eigenvalue weighted by Gasteiger charge is -2.24. The first-order chi connectivity index (χ1) is 20.8. The van der Waals surface area contributed by atoms with Crippen LogP contribution in [0.4, 0.5) is 0 Å². The fraction of sp³-hybridized carbons (Fsp3) is 0.0244. The molecule has 0 saturated heterocycles. The Balaban J connectivity index is 1.85. The Kier molecular flexibility index (Phi) is 8.20. The summed E-state index contributed by atoms with van der Waals surface area (Å²) in [5, 5.41) is 0. The minimum absolute atomic E-state index is 0.834. The van der Waals surface area contributed by atoms with E-state index in [-0.39, 0.29) is 0 Å². The number of ether oxygens (including phenoxy) is 1. The Morgan fingerprint density at radius 2 is 0.571 bits per heavy atom. The molecule has 0 heterocycles. The lowest BCUT2D eigenvalue weighted by Crippen LogP contribution is -2.03. The highest BCUT2D eigenvalue weighted by Gasteiger charge is 2.24. The molecule has 0 amide bonds. The normalized spacial score (nSPS) is 11.4. The number of hydrogen-bond acceptors (Lipinski definition) is 1. The van der Waals surface area contributed by atoms with Gasteiger partial charge in [-0.15, -0.1) is 0 Å². The topological polar surface area (TPSA) is 9.23 Å². The maximum atomic E-state index is 5.55. The molecule has 1 heteroatoms. The molecule has 0 aliphatic rings. The van der Waals surface area contributed by atoms with Crippen LogP contribution in [0.5, 0.6) is 5.75 Å². The van der Waals surface area contributed by atoms with Crippen molar-refractivity contribution >= 4 is 22.3 Å². The standard InChI is InChI=1S/C41H32O/c1-42-37-29-27-36(28-30-37)39(33-21-11-4-12-22-33)41(35-25-15-6-16-26-35)40(34-23-13-5-14-24-34)38(31-17-7-2-8-18-31)32-19-9-3-10-20-32/h2-30H,1H3. The molecule has 0 unspecified atom stereocenters. The van der Waals surface area contributed by atoms with E-state index >= 15 is 0 Å². The fourth-order valence-corrected chi connectivity index (χ4v) is 5.52. The van der Waals surface area contributed by atoms with E-state index in [9.17, 15) is 0 Å². The van der Waals surface area contributed by atoms with Crippen LogP contribution in [0.1, 0.15) is 33.4 Å². The van der Waals surface area contributed by atoms with Gasteiger partial charge >= 0.3 is 0 Å². The van der Waals surface area contributed by atoms with E-state index in [0.29, 0.717) is 0 Å². The lowest BCUT2D eigenvalue weighted by atomic mass is 9.78. The molecule has 6 rings (SSSR count). The van der Waals surface area contributed by atoms with Crippen molar-refractivity contribution < 1.29 is 4.74 Å². The van der Waals surface area contributed by atoms with Crippen LogP contribution in [-0.2, 0) is 0 Å². The fourth-order valence-electron chi connectivity index (χ4n) is 5.52. The van der Waals surface area contributed by atoms with Crippen LogP contribution < -0.4 is 4.74 Å². The van der Waals surface area contributed by atoms with Crippen molar-refractivity contribution in [2.75, 3.05) is 7.11 Å². The summed E-state index contributed by atoms with van der Waals surface area (Å²) in [6.45, 7) is 0. The highest BCUT2D eigenvalue weighted by molar-refractivity contribution is 6.25. The van der Waals surface area contributed by atoms with Crippen molar-refractivity contribution in [3.63, 3.8) is 0 Å². The second kappa shape index (κ2) is 12.8. The van der Waals surface area contributed by atoms with Gasteiger partial charge in [0.15, 0.2) is 0 Å². The predicted octanol–water partition coefficient (Wildman–Crippen LogP) is 10.3. The van der Waals surface area contributed by atoms with Gasteiger partial charge in [-0.25, -0.2) is 0 Å². The molecule has 0 saturated carbocycles. The van der Waals surface area contributed by atoms with Gasteiger partial charge < -0.3 is 4.74 Å². The van der Waals surface area contributed by atoms with Crippen molar-refractivity contribution in [1.29, 1.82) is 0 Å². The first-order valence-electron chi connectivity index (χ1n) is 14.2. The van der Waals surface area contributed by atoms with Gasteiger partial charge in [0.05, 0.1) is 7.11 Å². The van der Waals surface area contributed by atoms with Crippen LogP contribution in [0.25, 0.3) is 22.3 Å². The number of methoxy groups -OCH3 is 1. The maximum absolute atomic E-state index is 5.55. The van der Waals surface area contributed by atoms with Crippen molar-refractivity contribution in [2.24, 2.45) is 0 Å². The molecule has 0 aromatic heterocycles. The average Bonchev–Trinajstić information content (AvgIpc) is 3.08. The summed E-state index contributed by atoms with van der Waals surface area (Å²) in [5.74, 6) is 0.834. The van der Waals surface area contributed by atoms with Crippen LogP contribution in [0.2, 0.25) is 0 Å². The van der Waals surface area contributed by atoms with Crippen molar-refractivity contribution in [2.45, 2.75) is 0 Å². The molecule has 0 atom stereocenters. The first-order valence-corrected chi connectivity index (χ1v) is 14.2.